The van der Waals surface area contributed by atoms with Crippen LogP contribution in [0.4, 0.5) is 0 Å². The van der Waals surface area contributed by atoms with Crippen molar-refractivity contribution in [3.63, 3.8) is 0 Å². The predicted molar refractivity (Wildman–Crippen MR) is 89.6 cm³/mol. The van der Waals surface area contributed by atoms with Gasteiger partial charge in [0.1, 0.15) is 5.52 Å². The fourth-order valence-electron chi connectivity index (χ4n) is 2.67. The van der Waals surface area contributed by atoms with Gasteiger partial charge in [0.2, 0.25) is 5.89 Å². The van der Waals surface area contributed by atoms with Gasteiger partial charge in [0.15, 0.2) is 5.58 Å². The molecular weight excluding hydrogens is 270 g/mol. The van der Waals surface area contributed by atoms with E-state index in [0.717, 1.165) is 27.8 Å². The molecule has 0 radical (unpaired) electrons. The van der Waals surface area contributed by atoms with Gasteiger partial charge in [-0.3, -0.25) is 0 Å². The van der Waals surface area contributed by atoms with Crippen molar-refractivity contribution in [2.75, 3.05) is 0 Å². The molecule has 0 bridgehead atoms. The molecule has 0 unspecified atom stereocenters. The minimum atomic E-state index is 0.679. The highest BCUT2D eigenvalue weighted by Gasteiger charge is 2.10. The zero-order chi connectivity index (χ0) is 14.9. The lowest BCUT2D eigenvalue weighted by atomic mass is 10.1. The molecule has 106 valence electrons. The molecule has 0 spiro atoms. The van der Waals surface area contributed by atoms with Crippen molar-refractivity contribution in [3.8, 4) is 22.6 Å². The lowest BCUT2D eigenvalue weighted by Gasteiger charge is -1.99. The number of nitrogens with zero attached hydrogens (tertiary/aromatic N) is 1. The molecule has 0 saturated carbocycles. The number of fused-ring (bicyclic) bond motifs is 1. The Labute approximate surface area is 129 Å². The molecule has 0 amide bonds. The summed E-state index contributed by atoms with van der Waals surface area (Å²) >= 11 is 0. The molecule has 0 fully saturated rings. The average Bonchev–Trinajstić information content (AvgIpc) is 2.99. The molecule has 0 N–H and O–H groups in total. The van der Waals surface area contributed by atoms with Gasteiger partial charge < -0.3 is 4.42 Å². The maximum absolute atomic E-state index is 5.91. The number of rotatable bonds is 2. The standard InChI is InChI=1S/C20H15NO/c1-14-7-5-6-10-17(14)20-21-18-13-16(11-12-19(18)22-20)15-8-3-2-4-9-15/h2-13H,1H3. The van der Waals surface area contributed by atoms with Gasteiger partial charge in [-0.2, -0.15) is 0 Å². The minimum absolute atomic E-state index is 0.679. The topological polar surface area (TPSA) is 26.0 Å². The summed E-state index contributed by atoms with van der Waals surface area (Å²) in [5.74, 6) is 0.679. The first kappa shape index (κ1) is 12.8. The Balaban J connectivity index is 1.84. The Morgan fingerprint density at radius 1 is 0.773 bits per heavy atom. The van der Waals surface area contributed by atoms with Crippen LogP contribution in [0.2, 0.25) is 0 Å². The van der Waals surface area contributed by atoms with Gasteiger partial charge >= 0.3 is 0 Å². The molecule has 4 rings (SSSR count). The largest absolute Gasteiger partial charge is 0.436 e. The second-order valence-corrected chi connectivity index (χ2v) is 5.38. The molecule has 2 heteroatoms. The molecular formula is C20H15NO. The van der Waals surface area contributed by atoms with Crippen molar-refractivity contribution < 1.29 is 4.42 Å². The summed E-state index contributed by atoms with van der Waals surface area (Å²) in [6, 6.07) is 24.6. The van der Waals surface area contributed by atoms with E-state index in [-0.39, 0.29) is 0 Å². The van der Waals surface area contributed by atoms with Crippen molar-refractivity contribution in [1.29, 1.82) is 0 Å². The van der Waals surface area contributed by atoms with E-state index < -0.39 is 0 Å². The minimum Gasteiger partial charge on any atom is -0.436 e. The lowest BCUT2D eigenvalue weighted by Crippen LogP contribution is -1.81. The highest BCUT2D eigenvalue weighted by molar-refractivity contribution is 5.82. The quantitative estimate of drug-likeness (QED) is 0.488. The van der Waals surface area contributed by atoms with E-state index in [0.29, 0.717) is 5.89 Å². The Morgan fingerprint density at radius 2 is 1.55 bits per heavy atom. The summed E-state index contributed by atoms with van der Waals surface area (Å²) in [5, 5.41) is 0. The van der Waals surface area contributed by atoms with Crippen LogP contribution in [0.15, 0.2) is 77.2 Å². The number of aromatic nitrogens is 1. The highest BCUT2D eigenvalue weighted by atomic mass is 16.3. The summed E-state index contributed by atoms with van der Waals surface area (Å²) in [7, 11) is 0. The van der Waals surface area contributed by atoms with Crippen molar-refractivity contribution >= 4 is 11.1 Å². The number of hydrogen-bond donors (Lipinski definition) is 0. The van der Waals surface area contributed by atoms with Gasteiger partial charge in [0.05, 0.1) is 0 Å². The van der Waals surface area contributed by atoms with Crippen LogP contribution in [0, 0.1) is 6.92 Å². The summed E-state index contributed by atoms with van der Waals surface area (Å²) in [6.07, 6.45) is 0. The van der Waals surface area contributed by atoms with Crippen LogP contribution in [-0.2, 0) is 0 Å². The van der Waals surface area contributed by atoms with Crippen molar-refractivity contribution in [2.45, 2.75) is 6.92 Å². The maximum atomic E-state index is 5.91. The van der Waals surface area contributed by atoms with Crippen molar-refractivity contribution in [2.24, 2.45) is 0 Å². The van der Waals surface area contributed by atoms with E-state index in [1.807, 2.05) is 42.5 Å². The third kappa shape index (κ3) is 2.19. The van der Waals surface area contributed by atoms with Crippen LogP contribution in [0.3, 0.4) is 0 Å². The normalized spacial score (nSPS) is 11.0. The van der Waals surface area contributed by atoms with Crippen LogP contribution in [0.25, 0.3) is 33.7 Å². The number of hydrogen-bond acceptors (Lipinski definition) is 2. The Morgan fingerprint density at radius 3 is 2.36 bits per heavy atom. The molecule has 22 heavy (non-hydrogen) atoms. The van der Waals surface area contributed by atoms with Gasteiger partial charge in [-0.15, -0.1) is 0 Å². The van der Waals surface area contributed by atoms with Crippen LogP contribution in [0.1, 0.15) is 5.56 Å². The van der Waals surface area contributed by atoms with E-state index in [4.69, 9.17) is 4.42 Å². The van der Waals surface area contributed by atoms with E-state index in [2.05, 4.69) is 42.2 Å². The lowest BCUT2D eigenvalue weighted by molar-refractivity contribution is 0.619. The fraction of sp³-hybridized carbons (Fsp3) is 0.0500. The molecule has 0 saturated heterocycles. The molecule has 0 aliphatic heterocycles. The van der Waals surface area contributed by atoms with Crippen LogP contribution >= 0.6 is 0 Å². The van der Waals surface area contributed by atoms with Gasteiger partial charge in [-0.1, -0.05) is 54.6 Å². The fourth-order valence-corrected chi connectivity index (χ4v) is 2.67. The second kappa shape index (κ2) is 5.15. The number of benzene rings is 3. The zero-order valence-corrected chi connectivity index (χ0v) is 12.3. The van der Waals surface area contributed by atoms with Crippen molar-refractivity contribution in [1.82, 2.24) is 4.98 Å². The van der Waals surface area contributed by atoms with Crippen LogP contribution < -0.4 is 0 Å². The Kier molecular flexibility index (Phi) is 3.01. The van der Waals surface area contributed by atoms with Crippen LogP contribution in [-0.4, -0.2) is 4.98 Å². The first-order valence-corrected chi connectivity index (χ1v) is 7.33. The third-order valence-electron chi connectivity index (χ3n) is 3.87. The second-order valence-electron chi connectivity index (χ2n) is 5.38. The third-order valence-corrected chi connectivity index (χ3v) is 3.87. The van der Waals surface area contributed by atoms with E-state index in [9.17, 15) is 0 Å². The van der Waals surface area contributed by atoms with Gasteiger partial charge in [0.25, 0.3) is 0 Å². The molecule has 1 heterocycles. The monoisotopic (exact) mass is 285 g/mol. The van der Waals surface area contributed by atoms with E-state index >= 15 is 0 Å². The SMILES string of the molecule is Cc1ccccc1-c1nc2cc(-c3ccccc3)ccc2o1. The van der Waals surface area contributed by atoms with Gasteiger partial charge in [0, 0.05) is 5.56 Å². The summed E-state index contributed by atoms with van der Waals surface area (Å²) < 4.78 is 5.91. The number of oxazole rings is 1. The predicted octanol–water partition coefficient (Wildman–Crippen LogP) is 5.47. The van der Waals surface area contributed by atoms with E-state index in [1.165, 1.54) is 5.56 Å². The molecule has 4 aromatic rings. The van der Waals surface area contributed by atoms with Crippen molar-refractivity contribution in [3.05, 3.63) is 78.4 Å². The molecule has 1 aromatic heterocycles. The maximum Gasteiger partial charge on any atom is 0.227 e. The number of aryl methyl sites for hydroxylation is 1. The smallest absolute Gasteiger partial charge is 0.227 e. The van der Waals surface area contributed by atoms with Crippen LogP contribution in [0.5, 0.6) is 0 Å². The average molecular weight is 285 g/mol. The molecule has 0 aliphatic carbocycles. The Hall–Kier alpha value is -2.87. The summed E-state index contributed by atoms with van der Waals surface area (Å²) in [5.41, 5.74) is 6.25. The highest BCUT2D eigenvalue weighted by Crippen LogP contribution is 2.29. The molecule has 2 nitrogen and oxygen atoms in total. The summed E-state index contributed by atoms with van der Waals surface area (Å²) in [4.78, 5) is 4.66. The molecule has 0 atom stereocenters. The molecule has 0 aliphatic rings. The zero-order valence-electron chi connectivity index (χ0n) is 12.3. The first-order chi connectivity index (χ1) is 10.8. The summed E-state index contributed by atoms with van der Waals surface area (Å²) in [6.45, 7) is 2.07. The van der Waals surface area contributed by atoms with E-state index in [1.54, 1.807) is 0 Å². The first-order valence-electron chi connectivity index (χ1n) is 7.33. The Bertz CT molecular complexity index is 938. The van der Waals surface area contributed by atoms with Gasteiger partial charge in [-0.05, 0) is 41.8 Å². The molecule has 3 aromatic carbocycles. The van der Waals surface area contributed by atoms with Gasteiger partial charge in [-0.25, -0.2) is 4.98 Å².